The average molecular weight is 354 g/mol. The molecule has 2 saturated heterocycles. The summed E-state index contributed by atoms with van der Waals surface area (Å²) < 4.78 is 0. The zero-order chi connectivity index (χ0) is 16.1. The van der Waals surface area contributed by atoms with Crippen molar-refractivity contribution >= 4 is 35.0 Å². The third-order valence-corrected chi connectivity index (χ3v) is 5.56. The highest BCUT2D eigenvalue weighted by Gasteiger charge is 2.48. The normalized spacial score (nSPS) is 26.8. The highest BCUT2D eigenvalue weighted by atomic mass is 35.5. The van der Waals surface area contributed by atoms with E-state index in [0.717, 1.165) is 13.1 Å². The lowest BCUT2D eigenvalue weighted by atomic mass is 10.0. The molecule has 3 fully saturated rings. The summed E-state index contributed by atoms with van der Waals surface area (Å²) in [5.74, 6) is 0.920. The van der Waals surface area contributed by atoms with Crippen molar-refractivity contribution in [2.24, 2.45) is 17.8 Å². The second-order valence-corrected chi connectivity index (χ2v) is 7.54. The number of fused-ring (bicyclic) bond motifs is 1. The number of carbonyl (C=O) groups is 2. The summed E-state index contributed by atoms with van der Waals surface area (Å²) in [6.45, 7) is 2.75. The fraction of sp³-hybridized carbons (Fsp3) is 0.562. The van der Waals surface area contributed by atoms with Crippen LogP contribution >= 0.6 is 23.2 Å². The number of pyridine rings is 1. The Morgan fingerprint density at radius 2 is 2.04 bits per heavy atom. The van der Waals surface area contributed by atoms with Crippen LogP contribution in [0.15, 0.2) is 12.3 Å². The van der Waals surface area contributed by atoms with Gasteiger partial charge in [-0.2, -0.15) is 0 Å². The third kappa shape index (κ3) is 2.81. The zero-order valence-corrected chi connectivity index (χ0v) is 14.1. The van der Waals surface area contributed by atoms with Crippen LogP contribution in [0.1, 0.15) is 23.2 Å². The fourth-order valence-electron chi connectivity index (χ4n) is 3.62. The van der Waals surface area contributed by atoms with Gasteiger partial charge in [-0.25, -0.2) is 4.98 Å². The maximum atomic E-state index is 12.6. The maximum absolute atomic E-state index is 12.6. The molecule has 2 amide bonds. The van der Waals surface area contributed by atoms with Gasteiger partial charge in [0.2, 0.25) is 5.91 Å². The summed E-state index contributed by atoms with van der Waals surface area (Å²) in [6.07, 6.45) is 3.89. The van der Waals surface area contributed by atoms with E-state index in [1.54, 1.807) is 4.90 Å². The quantitative estimate of drug-likeness (QED) is 0.783. The van der Waals surface area contributed by atoms with Crippen molar-refractivity contribution in [1.29, 1.82) is 0 Å². The van der Waals surface area contributed by atoms with E-state index in [4.69, 9.17) is 23.2 Å². The minimum Gasteiger partial charge on any atom is -0.342 e. The van der Waals surface area contributed by atoms with Crippen LogP contribution in [0.5, 0.6) is 0 Å². The highest BCUT2D eigenvalue weighted by Crippen LogP contribution is 2.37. The van der Waals surface area contributed by atoms with E-state index in [9.17, 15) is 9.59 Å². The van der Waals surface area contributed by atoms with Gasteiger partial charge in [0.1, 0.15) is 5.15 Å². The van der Waals surface area contributed by atoms with Gasteiger partial charge in [-0.1, -0.05) is 23.2 Å². The SMILES string of the molecule is O=C(c1cnc(Cl)cc1Cl)N1C[C@H]2CN(CC3CC3)C(=O)[C@H]2C1. The number of carbonyl (C=O) groups excluding carboxylic acids is 2. The molecule has 2 atom stereocenters. The molecule has 0 unspecified atom stereocenters. The number of rotatable bonds is 3. The number of hydrogen-bond donors (Lipinski definition) is 0. The molecule has 2 aliphatic heterocycles. The van der Waals surface area contributed by atoms with E-state index in [-0.39, 0.29) is 28.8 Å². The van der Waals surface area contributed by atoms with Crippen molar-refractivity contribution in [3.8, 4) is 0 Å². The van der Waals surface area contributed by atoms with Crippen molar-refractivity contribution in [2.45, 2.75) is 12.8 Å². The largest absolute Gasteiger partial charge is 0.342 e. The number of likely N-dealkylation sites (tertiary alicyclic amines) is 2. The van der Waals surface area contributed by atoms with Gasteiger partial charge in [-0.15, -0.1) is 0 Å². The first-order chi connectivity index (χ1) is 11.0. The van der Waals surface area contributed by atoms with E-state index in [1.165, 1.54) is 25.1 Å². The van der Waals surface area contributed by atoms with Gasteiger partial charge in [0, 0.05) is 38.3 Å². The number of hydrogen-bond acceptors (Lipinski definition) is 3. The second kappa shape index (κ2) is 5.64. The molecule has 0 spiro atoms. The zero-order valence-electron chi connectivity index (χ0n) is 12.5. The van der Waals surface area contributed by atoms with Crippen LogP contribution in [0.4, 0.5) is 0 Å². The Balaban J connectivity index is 1.45. The monoisotopic (exact) mass is 353 g/mol. The number of nitrogens with zero attached hydrogens (tertiary/aromatic N) is 3. The Morgan fingerprint density at radius 1 is 1.26 bits per heavy atom. The molecule has 1 aliphatic carbocycles. The first-order valence-corrected chi connectivity index (χ1v) is 8.67. The molecule has 4 rings (SSSR count). The molecule has 7 heteroatoms. The molecule has 0 bridgehead atoms. The number of aromatic nitrogens is 1. The molecule has 3 heterocycles. The van der Waals surface area contributed by atoms with Crippen LogP contribution in [0.3, 0.4) is 0 Å². The van der Waals surface area contributed by atoms with Gasteiger partial charge in [0.05, 0.1) is 16.5 Å². The standard InChI is InChI=1S/C16H17Cl2N3O2/c17-13-3-14(18)19-4-11(13)15(22)21-7-10-6-20(5-9-1-2-9)16(23)12(10)8-21/h3-4,9-10,12H,1-2,5-8H2/t10-,12+/m1/s1. The van der Waals surface area contributed by atoms with Crippen LogP contribution in [-0.2, 0) is 4.79 Å². The number of halogens is 2. The Kier molecular flexibility index (Phi) is 3.73. The van der Waals surface area contributed by atoms with Gasteiger partial charge in [0.25, 0.3) is 5.91 Å². The highest BCUT2D eigenvalue weighted by molar-refractivity contribution is 6.36. The first-order valence-electron chi connectivity index (χ1n) is 7.92. The fourth-order valence-corrected chi connectivity index (χ4v) is 4.07. The van der Waals surface area contributed by atoms with Crippen molar-refractivity contribution < 1.29 is 9.59 Å². The van der Waals surface area contributed by atoms with E-state index >= 15 is 0 Å². The molecule has 1 saturated carbocycles. The molecule has 23 heavy (non-hydrogen) atoms. The lowest BCUT2D eigenvalue weighted by molar-refractivity contribution is -0.131. The van der Waals surface area contributed by atoms with Crippen LogP contribution < -0.4 is 0 Å². The Bertz CT molecular complexity index is 677. The number of amides is 2. The summed E-state index contributed by atoms with van der Waals surface area (Å²) >= 11 is 11.9. The summed E-state index contributed by atoms with van der Waals surface area (Å²) in [4.78, 5) is 32.8. The lowest BCUT2D eigenvalue weighted by Gasteiger charge is -2.22. The third-order valence-electron chi connectivity index (χ3n) is 5.04. The van der Waals surface area contributed by atoms with Gasteiger partial charge >= 0.3 is 0 Å². The van der Waals surface area contributed by atoms with Gasteiger partial charge in [0.15, 0.2) is 0 Å². The molecular weight excluding hydrogens is 337 g/mol. The van der Waals surface area contributed by atoms with Crippen molar-refractivity contribution in [1.82, 2.24) is 14.8 Å². The van der Waals surface area contributed by atoms with E-state index in [1.807, 2.05) is 4.90 Å². The minimum atomic E-state index is -0.171. The molecule has 1 aromatic heterocycles. The van der Waals surface area contributed by atoms with Crippen molar-refractivity contribution in [3.63, 3.8) is 0 Å². The minimum absolute atomic E-state index is 0.0586. The van der Waals surface area contributed by atoms with Gasteiger partial charge in [-0.3, -0.25) is 9.59 Å². The molecule has 1 aromatic rings. The maximum Gasteiger partial charge on any atom is 0.256 e. The Hall–Kier alpha value is -1.33. The van der Waals surface area contributed by atoms with Gasteiger partial charge < -0.3 is 9.80 Å². The molecular formula is C16H17Cl2N3O2. The predicted octanol–water partition coefficient (Wildman–Crippen LogP) is 2.33. The summed E-state index contributed by atoms with van der Waals surface area (Å²) in [6, 6.07) is 1.47. The van der Waals surface area contributed by atoms with E-state index in [0.29, 0.717) is 29.6 Å². The Labute approximate surface area is 144 Å². The average Bonchev–Trinajstić information content (AvgIpc) is 3.15. The predicted molar refractivity (Wildman–Crippen MR) is 86.4 cm³/mol. The molecule has 0 N–H and O–H groups in total. The molecule has 0 aromatic carbocycles. The topological polar surface area (TPSA) is 53.5 Å². The van der Waals surface area contributed by atoms with Crippen LogP contribution in [0, 0.1) is 17.8 Å². The molecule has 122 valence electrons. The van der Waals surface area contributed by atoms with E-state index < -0.39 is 0 Å². The molecule has 3 aliphatic rings. The van der Waals surface area contributed by atoms with Crippen LogP contribution in [0.25, 0.3) is 0 Å². The summed E-state index contributed by atoms with van der Waals surface area (Å²) in [7, 11) is 0. The Morgan fingerprint density at radius 3 is 2.70 bits per heavy atom. The summed E-state index contributed by atoms with van der Waals surface area (Å²) in [5, 5.41) is 0.560. The molecule has 0 radical (unpaired) electrons. The first kappa shape index (κ1) is 15.2. The van der Waals surface area contributed by atoms with Gasteiger partial charge in [-0.05, 0) is 24.8 Å². The lowest BCUT2D eigenvalue weighted by Crippen LogP contribution is -2.36. The van der Waals surface area contributed by atoms with Crippen LogP contribution in [-0.4, -0.2) is 52.8 Å². The van der Waals surface area contributed by atoms with Crippen molar-refractivity contribution in [3.05, 3.63) is 28.0 Å². The van der Waals surface area contributed by atoms with Crippen molar-refractivity contribution in [2.75, 3.05) is 26.2 Å². The smallest absolute Gasteiger partial charge is 0.256 e. The second-order valence-electron chi connectivity index (χ2n) is 6.75. The van der Waals surface area contributed by atoms with Crippen LogP contribution in [0.2, 0.25) is 10.2 Å². The summed E-state index contributed by atoms with van der Waals surface area (Å²) in [5.41, 5.74) is 0.346. The molecule has 5 nitrogen and oxygen atoms in total. The van der Waals surface area contributed by atoms with E-state index in [2.05, 4.69) is 4.98 Å².